The van der Waals surface area contributed by atoms with Crippen LogP contribution in [0, 0.1) is 0 Å². The van der Waals surface area contributed by atoms with E-state index in [-0.39, 0.29) is 11.8 Å². The average molecular weight is 298 g/mol. The minimum absolute atomic E-state index is 0.0451. The van der Waals surface area contributed by atoms with E-state index in [1.165, 1.54) is 4.90 Å². The van der Waals surface area contributed by atoms with Crippen molar-refractivity contribution in [2.45, 2.75) is 23.9 Å². The van der Waals surface area contributed by atoms with Crippen molar-refractivity contribution in [1.29, 1.82) is 0 Å². The molecule has 1 heterocycles. The van der Waals surface area contributed by atoms with E-state index >= 15 is 0 Å². The quantitative estimate of drug-likeness (QED) is 0.912. The molecule has 0 bridgehead atoms. The van der Waals surface area contributed by atoms with Gasteiger partial charge in [0.1, 0.15) is 0 Å². The SMILES string of the molecule is NCc1ccccc1CNC(=O)C1CSc2ccccc21. The lowest BCUT2D eigenvalue weighted by Crippen LogP contribution is -2.29. The van der Waals surface area contributed by atoms with Gasteiger partial charge in [-0.1, -0.05) is 42.5 Å². The van der Waals surface area contributed by atoms with Crippen LogP contribution in [0.2, 0.25) is 0 Å². The highest BCUT2D eigenvalue weighted by molar-refractivity contribution is 7.99. The van der Waals surface area contributed by atoms with Crippen molar-refractivity contribution in [3.63, 3.8) is 0 Å². The fourth-order valence-corrected chi connectivity index (χ4v) is 3.84. The lowest BCUT2D eigenvalue weighted by molar-refractivity contribution is -0.122. The Hall–Kier alpha value is -1.78. The van der Waals surface area contributed by atoms with Gasteiger partial charge in [-0.2, -0.15) is 0 Å². The summed E-state index contributed by atoms with van der Waals surface area (Å²) in [6, 6.07) is 16.1. The summed E-state index contributed by atoms with van der Waals surface area (Å²) in [4.78, 5) is 13.6. The average Bonchev–Trinajstić information content (AvgIpc) is 2.97. The normalized spacial score (nSPS) is 16.5. The van der Waals surface area contributed by atoms with Gasteiger partial charge in [0.15, 0.2) is 0 Å². The second-order valence-corrected chi connectivity index (χ2v) is 6.15. The Kier molecular flexibility index (Phi) is 4.27. The largest absolute Gasteiger partial charge is 0.351 e. The molecule has 0 radical (unpaired) electrons. The molecule has 0 fully saturated rings. The third-order valence-corrected chi connectivity index (χ3v) is 4.99. The molecule has 3 rings (SSSR count). The summed E-state index contributed by atoms with van der Waals surface area (Å²) in [5.74, 6) is 0.875. The predicted molar refractivity (Wildman–Crippen MR) is 86.1 cm³/mol. The van der Waals surface area contributed by atoms with Crippen LogP contribution in [0.15, 0.2) is 53.4 Å². The van der Waals surface area contributed by atoms with Gasteiger partial charge in [0.05, 0.1) is 5.92 Å². The van der Waals surface area contributed by atoms with Crippen molar-refractivity contribution in [2.24, 2.45) is 5.73 Å². The molecule has 1 amide bonds. The van der Waals surface area contributed by atoms with Crippen molar-refractivity contribution < 1.29 is 4.79 Å². The fraction of sp³-hybridized carbons (Fsp3) is 0.235. The maximum absolute atomic E-state index is 12.4. The van der Waals surface area contributed by atoms with Gasteiger partial charge >= 0.3 is 0 Å². The Labute approximate surface area is 128 Å². The molecule has 1 unspecified atom stereocenters. The van der Waals surface area contributed by atoms with Crippen LogP contribution in [0.25, 0.3) is 0 Å². The van der Waals surface area contributed by atoms with Crippen LogP contribution in [0.1, 0.15) is 22.6 Å². The van der Waals surface area contributed by atoms with Crippen LogP contribution < -0.4 is 11.1 Å². The van der Waals surface area contributed by atoms with Crippen LogP contribution >= 0.6 is 11.8 Å². The Morgan fingerprint density at radius 3 is 2.67 bits per heavy atom. The standard InChI is InChI=1S/C17H18N2OS/c18-9-12-5-1-2-6-13(12)10-19-17(20)15-11-21-16-8-4-3-7-14(15)16/h1-8,15H,9-11,18H2,(H,19,20). The molecule has 108 valence electrons. The van der Waals surface area contributed by atoms with Gasteiger partial charge in [0, 0.05) is 23.7 Å². The Morgan fingerprint density at radius 2 is 1.86 bits per heavy atom. The van der Waals surface area contributed by atoms with E-state index in [9.17, 15) is 4.79 Å². The predicted octanol–water partition coefficient (Wildman–Crippen LogP) is 2.65. The van der Waals surface area contributed by atoms with Crippen LogP contribution in [-0.4, -0.2) is 11.7 Å². The van der Waals surface area contributed by atoms with Crippen LogP contribution in [-0.2, 0) is 17.9 Å². The molecular formula is C17H18N2OS. The third-order valence-electron chi connectivity index (χ3n) is 3.81. The van der Waals surface area contributed by atoms with E-state index in [0.717, 1.165) is 22.4 Å². The zero-order chi connectivity index (χ0) is 14.7. The van der Waals surface area contributed by atoms with E-state index in [2.05, 4.69) is 11.4 Å². The van der Waals surface area contributed by atoms with Crippen LogP contribution in [0.4, 0.5) is 0 Å². The number of benzene rings is 2. The number of nitrogens with one attached hydrogen (secondary N) is 1. The monoisotopic (exact) mass is 298 g/mol. The first-order valence-electron chi connectivity index (χ1n) is 7.06. The summed E-state index contributed by atoms with van der Waals surface area (Å²) in [7, 11) is 0. The second kappa shape index (κ2) is 6.33. The van der Waals surface area contributed by atoms with Crippen molar-refractivity contribution in [3.05, 3.63) is 65.2 Å². The summed E-state index contributed by atoms with van der Waals surface area (Å²) in [6.45, 7) is 1.03. The number of amides is 1. The van der Waals surface area contributed by atoms with Gasteiger partial charge in [0.2, 0.25) is 5.91 Å². The zero-order valence-electron chi connectivity index (χ0n) is 11.7. The summed E-state index contributed by atoms with van der Waals surface area (Å²) >= 11 is 1.75. The van der Waals surface area contributed by atoms with E-state index in [1.54, 1.807) is 11.8 Å². The number of carbonyl (C=O) groups is 1. The fourth-order valence-electron chi connectivity index (χ4n) is 2.61. The topological polar surface area (TPSA) is 55.1 Å². The van der Waals surface area contributed by atoms with E-state index in [1.807, 2.05) is 42.5 Å². The van der Waals surface area contributed by atoms with E-state index < -0.39 is 0 Å². The summed E-state index contributed by atoms with van der Waals surface area (Å²) in [5, 5.41) is 3.05. The molecule has 0 aromatic heterocycles. The zero-order valence-corrected chi connectivity index (χ0v) is 12.5. The van der Waals surface area contributed by atoms with Crippen molar-refractivity contribution in [2.75, 3.05) is 5.75 Å². The second-order valence-electron chi connectivity index (χ2n) is 5.09. The van der Waals surface area contributed by atoms with Gasteiger partial charge in [-0.15, -0.1) is 11.8 Å². The lowest BCUT2D eigenvalue weighted by Gasteiger charge is -2.13. The highest BCUT2D eigenvalue weighted by Crippen LogP contribution is 2.39. The molecule has 1 atom stereocenters. The summed E-state index contributed by atoms with van der Waals surface area (Å²) in [6.07, 6.45) is 0. The highest BCUT2D eigenvalue weighted by atomic mass is 32.2. The number of rotatable bonds is 4. The lowest BCUT2D eigenvalue weighted by atomic mass is 10.0. The maximum atomic E-state index is 12.4. The van der Waals surface area contributed by atoms with Crippen molar-refractivity contribution in [3.8, 4) is 0 Å². The van der Waals surface area contributed by atoms with Crippen LogP contribution in [0.5, 0.6) is 0 Å². The number of hydrogen-bond donors (Lipinski definition) is 2. The highest BCUT2D eigenvalue weighted by Gasteiger charge is 2.28. The minimum atomic E-state index is -0.0451. The van der Waals surface area contributed by atoms with E-state index in [4.69, 9.17) is 5.73 Å². The Balaban J connectivity index is 1.68. The van der Waals surface area contributed by atoms with Crippen molar-refractivity contribution >= 4 is 17.7 Å². The number of carbonyl (C=O) groups excluding carboxylic acids is 1. The smallest absolute Gasteiger partial charge is 0.228 e. The molecule has 2 aromatic rings. The molecule has 1 aliphatic heterocycles. The van der Waals surface area contributed by atoms with Gasteiger partial charge in [-0.3, -0.25) is 4.79 Å². The van der Waals surface area contributed by atoms with E-state index in [0.29, 0.717) is 13.1 Å². The Bertz CT molecular complexity index is 657. The molecule has 0 saturated heterocycles. The molecule has 3 N–H and O–H groups in total. The molecule has 4 heteroatoms. The van der Waals surface area contributed by atoms with Gasteiger partial charge in [-0.05, 0) is 22.8 Å². The molecular weight excluding hydrogens is 280 g/mol. The van der Waals surface area contributed by atoms with Gasteiger partial charge < -0.3 is 11.1 Å². The van der Waals surface area contributed by atoms with Crippen molar-refractivity contribution in [1.82, 2.24) is 5.32 Å². The third kappa shape index (κ3) is 2.96. The van der Waals surface area contributed by atoms with Crippen LogP contribution in [0.3, 0.4) is 0 Å². The first-order chi connectivity index (χ1) is 10.3. The molecule has 2 aromatic carbocycles. The molecule has 0 aliphatic carbocycles. The number of hydrogen-bond acceptors (Lipinski definition) is 3. The maximum Gasteiger partial charge on any atom is 0.228 e. The number of thioether (sulfide) groups is 1. The molecule has 0 saturated carbocycles. The number of nitrogens with two attached hydrogens (primary N) is 1. The number of fused-ring (bicyclic) bond motifs is 1. The first kappa shape index (κ1) is 14.2. The van der Waals surface area contributed by atoms with Gasteiger partial charge in [0.25, 0.3) is 0 Å². The molecule has 0 spiro atoms. The van der Waals surface area contributed by atoms with Gasteiger partial charge in [-0.25, -0.2) is 0 Å². The summed E-state index contributed by atoms with van der Waals surface area (Å²) in [5.41, 5.74) is 9.04. The molecule has 21 heavy (non-hydrogen) atoms. The summed E-state index contributed by atoms with van der Waals surface area (Å²) < 4.78 is 0. The molecule has 1 aliphatic rings. The Morgan fingerprint density at radius 1 is 1.14 bits per heavy atom. The first-order valence-corrected chi connectivity index (χ1v) is 8.04. The minimum Gasteiger partial charge on any atom is -0.351 e. The molecule has 3 nitrogen and oxygen atoms in total.